The van der Waals surface area contributed by atoms with Gasteiger partial charge >= 0.3 is 29.8 Å². The lowest BCUT2D eigenvalue weighted by Gasteiger charge is -2.41. The van der Waals surface area contributed by atoms with E-state index in [0.29, 0.717) is 11.1 Å². The topological polar surface area (TPSA) is 154 Å². The van der Waals surface area contributed by atoms with Crippen molar-refractivity contribution in [1.29, 1.82) is 0 Å². The molecule has 1 saturated carbocycles. The molecule has 0 heterocycles. The predicted octanol–water partition coefficient (Wildman–Crippen LogP) is 1.19. The van der Waals surface area contributed by atoms with Crippen LogP contribution in [-0.2, 0) is 38.2 Å². The highest BCUT2D eigenvalue weighted by Crippen LogP contribution is 2.65. The second kappa shape index (κ2) is 8.40. The van der Waals surface area contributed by atoms with Crippen molar-refractivity contribution in [3.8, 4) is 0 Å². The number of carbonyl (C=O) groups excluding carboxylic acids is 3. The number of aliphatic carboxylic acids is 2. The highest BCUT2D eigenvalue weighted by Gasteiger charge is 2.72. The van der Waals surface area contributed by atoms with Crippen molar-refractivity contribution < 1.29 is 48.4 Å². The van der Waals surface area contributed by atoms with Crippen LogP contribution >= 0.6 is 0 Å². The van der Waals surface area contributed by atoms with Crippen LogP contribution in [0, 0.1) is 35.0 Å². The number of allylic oxidation sites excluding steroid dienone is 3. The lowest BCUT2D eigenvalue weighted by atomic mass is 9.60. The molecule has 0 aromatic carbocycles. The average Bonchev–Trinajstić information content (AvgIpc) is 3.03. The molecule has 0 spiro atoms. The first-order valence-electron chi connectivity index (χ1n) is 10.2. The van der Waals surface area contributed by atoms with Gasteiger partial charge in [-0.3, -0.25) is 24.0 Å². The summed E-state index contributed by atoms with van der Waals surface area (Å²) in [7, 11) is 2.15. The molecule has 0 bridgehead atoms. The van der Waals surface area contributed by atoms with Gasteiger partial charge < -0.3 is 24.4 Å². The fourth-order valence-electron chi connectivity index (χ4n) is 5.99. The Labute approximate surface area is 184 Å². The highest BCUT2D eigenvalue weighted by molar-refractivity contribution is 6.03. The fraction of sp³-hybridized carbons (Fsp3) is 0.591. The number of carbonyl (C=O) groups is 5. The van der Waals surface area contributed by atoms with E-state index in [1.807, 2.05) is 0 Å². The molecular formula is C22H26O10. The van der Waals surface area contributed by atoms with Gasteiger partial charge in [0.2, 0.25) is 0 Å². The maximum Gasteiger partial charge on any atom is 0.324 e. The summed E-state index contributed by atoms with van der Waals surface area (Å²) in [5, 5.41) is 19.8. The van der Waals surface area contributed by atoms with Crippen LogP contribution in [0.2, 0.25) is 0 Å². The Balaban J connectivity index is 2.33. The quantitative estimate of drug-likeness (QED) is 0.270. The second-order valence-corrected chi connectivity index (χ2v) is 8.48. The zero-order valence-electron chi connectivity index (χ0n) is 18.2. The largest absolute Gasteiger partial charge is 0.481 e. The molecule has 1 fully saturated rings. The number of methoxy groups -OCH3 is 2. The van der Waals surface area contributed by atoms with Gasteiger partial charge in [0.15, 0.2) is 5.41 Å². The van der Waals surface area contributed by atoms with E-state index in [4.69, 9.17) is 14.2 Å². The number of rotatable bonds is 5. The molecule has 10 nitrogen and oxygen atoms in total. The first-order chi connectivity index (χ1) is 15.0. The summed E-state index contributed by atoms with van der Waals surface area (Å²) in [5.41, 5.74) is -0.959. The first kappa shape index (κ1) is 23.5. The molecule has 6 atom stereocenters. The minimum Gasteiger partial charge on any atom is -0.481 e. The molecule has 0 aromatic heterocycles. The number of fused-ring (bicyclic) bond motifs is 3. The molecule has 3 aliphatic carbocycles. The van der Waals surface area contributed by atoms with Crippen LogP contribution in [0.25, 0.3) is 0 Å². The number of ether oxygens (including phenoxy) is 3. The molecule has 0 aliphatic heterocycles. The molecule has 2 N–H and O–H groups in total. The number of esters is 3. The Bertz CT molecular complexity index is 913. The molecule has 3 rings (SSSR count). The average molecular weight is 450 g/mol. The Morgan fingerprint density at radius 1 is 1.00 bits per heavy atom. The molecular weight excluding hydrogens is 424 g/mol. The molecule has 0 amide bonds. The standard InChI is InChI=1S/C22H26O10/c1-9-7-13(18(24)25)16(19(26)27)17-15(9)12-6-5-11(32-10(2)23)8-14(12)22(17,20(28)30-3)21(29)31-4/h5-6,11-14,16-17H,7-8H2,1-4H3,(H,24,25)(H,26,27)/t11-,12-,13+,14+,16+,17-/m0/s1. The number of hydrogen-bond donors (Lipinski definition) is 2. The summed E-state index contributed by atoms with van der Waals surface area (Å²) in [6, 6.07) is 0. The van der Waals surface area contributed by atoms with E-state index in [9.17, 15) is 34.2 Å². The van der Waals surface area contributed by atoms with Crippen molar-refractivity contribution in [2.24, 2.45) is 35.0 Å². The third-order valence-electron chi connectivity index (χ3n) is 7.00. The molecule has 0 radical (unpaired) electrons. The number of carboxylic acid groups (broad SMARTS) is 2. The molecule has 174 valence electrons. The van der Waals surface area contributed by atoms with Crippen LogP contribution in [0.5, 0.6) is 0 Å². The zero-order chi connectivity index (χ0) is 24.0. The Kier molecular flexibility index (Phi) is 6.17. The SMILES string of the molecule is COC(=O)C1(C(=O)OC)[C@@H]2C[C@@H](OC(C)=O)C=C[C@@H]2C2=C(C)C[C@@H](C(=O)O)[C@@H](C(=O)O)[C@H]21. The van der Waals surface area contributed by atoms with Crippen molar-refractivity contribution in [2.75, 3.05) is 14.2 Å². The van der Waals surface area contributed by atoms with E-state index in [-0.39, 0.29) is 12.8 Å². The molecule has 0 aromatic rings. The Morgan fingerprint density at radius 2 is 1.59 bits per heavy atom. The fourth-order valence-corrected chi connectivity index (χ4v) is 5.99. The summed E-state index contributed by atoms with van der Waals surface area (Å²) in [5.74, 6) is -10.9. The second-order valence-electron chi connectivity index (χ2n) is 8.48. The monoisotopic (exact) mass is 450 g/mol. The van der Waals surface area contributed by atoms with Gasteiger partial charge in [-0.05, 0) is 25.8 Å². The van der Waals surface area contributed by atoms with Gasteiger partial charge in [0.05, 0.1) is 26.1 Å². The van der Waals surface area contributed by atoms with Gasteiger partial charge in [-0.15, -0.1) is 0 Å². The van der Waals surface area contributed by atoms with Crippen LogP contribution in [0.15, 0.2) is 23.3 Å². The van der Waals surface area contributed by atoms with Crippen molar-refractivity contribution in [2.45, 2.75) is 32.8 Å². The minimum atomic E-state index is -2.11. The van der Waals surface area contributed by atoms with Crippen LogP contribution < -0.4 is 0 Å². The van der Waals surface area contributed by atoms with Gasteiger partial charge in [-0.1, -0.05) is 17.2 Å². The van der Waals surface area contributed by atoms with E-state index < -0.39 is 71.0 Å². The molecule has 32 heavy (non-hydrogen) atoms. The third-order valence-corrected chi connectivity index (χ3v) is 7.00. The van der Waals surface area contributed by atoms with Crippen LogP contribution in [0.4, 0.5) is 0 Å². The minimum absolute atomic E-state index is 0.0268. The van der Waals surface area contributed by atoms with Gasteiger partial charge in [-0.25, -0.2) is 0 Å². The van der Waals surface area contributed by atoms with Gasteiger partial charge in [0.1, 0.15) is 6.10 Å². The highest BCUT2D eigenvalue weighted by atomic mass is 16.6. The smallest absolute Gasteiger partial charge is 0.324 e. The number of carboxylic acids is 2. The first-order valence-corrected chi connectivity index (χ1v) is 10.2. The maximum absolute atomic E-state index is 13.3. The zero-order valence-corrected chi connectivity index (χ0v) is 18.2. The third kappa shape index (κ3) is 3.28. The van der Waals surface area contributed by atoms with Crippen molar-refractivity contribution in [3.05, 3.63) is 23.3 Å². The van der Waals surface area contributed by atoms with Crippen LogP contribution in [0.1, 0.15) is 26.7 Å². The maximum atomic E-state index is 13.3. The van der Waals surface area contributed by atoms with E-state index in [1.165, 1.54) is 6.92 Å². The summed E-state index contributed by atoms with van der Waals surface area (Å²) in [6.45, 7) is 2.91. The summed E-state index contributed by atoms with van der Waals surface area (Å²) >= 11 is 0. The lowest BCUT2D eigenvalue weighted by molar-refractivity contribution is -0.182. The van der Waals surface area contributed by atoms with E-state index in [0.717, 1.165) is 14.2 Å². The van der Waals surface area contributed by atoms with Crippen molar-refractivity contribution >= 4 is 29.8 Å². The Morgan fingerprint density at radius 3 is 2.06 bits per heavy atom. The Hall–Kier alpha value is -3.17. The number of hydrogen-bond acceptors (Lipinski definition) is 8. The van der Waals surface area contributed by atoms with Crippen LogP contribution in [0.3, 0.4) is 0 Å². The molecule has 3 aliphatic rings. The van der Waals surface area contributed by atoms with E-state index >= 15 is 0 Å². The van der Waals surface area contributed by atoms with E-state index in [2.05, 4.69) is 0 Å². The summed E-state index contributed by atoms with van der Waals surface area (Å²) in [6.07, 6.45) is 2.61. The summed E-state index contributed by atoms with van der Waals surface area (Å²) < 4.78 is 15.3. The normalized spacial score (nSPS) is 32.4. The summed E-state index contributed by atoms with van der Waals surface area (Å²) in [4.78, 5) is 62.5. The van der Waals surface area contributed by atoms with E-state index in [1.54, 1.807) is 19.1 Å². The lowest BCUT2D eigenvalue weighted by Crippen LogP contribution is -2.55. The molecule has 0 unspecified atom stereocenters. The molecule has 0 saturated heterocycles. The molecule has 10 heteroatoms. The van der Waals surface area contributed by atoms with Gasteiger partial charge in [0.25, 0.3) is 0 Å². The predicted molar refractivity (Wildman–Crippen MR) is 106 cm³/mol. The van der Waals surface area contributed by atoms with Crippen molar-refractivity contribution in [3.63, 3.8) is 0 Å². The van der Waals surface area contributed by atoms with Gasteiger partial charge in [0, 0.05) is 24.7 Å². The van der Waals surface area contributed by atoms with Crippen molar-refractivity contribution in [1.82, 2.24) is 0 Å². The van der Waals surface area contributed by atoms with Crippen LogP contribution in [-0.4, -0.2) is 60.4 Å². The van der Waals surface area contributed by atoms with Gasteiger partial charge in [-0.2, -0.15) is 0 Å².